The molecule has 2 aliphatic carbocycles. The molecule has 11 aromatic carbocycles. The highest BCUT2D eigenvalue weighted by Crippen LogP contribution is 2.57. The van der Waals surface area contributed by atoms with Gasteiger partial charge in [0.2, 0.25) is 0 Å². The van der Waals surface area contributed by atoms with Gasteiger partial charge in [-0.1, -0.05) is 345 Å². The van der Waals surface area contributed by atoms with Crippen LogP contribution in [0, 0.1) is 0 Å². The molecule has 2 heteroatoms. The molecule has 536 valence electrons. The Morgan fingerprint density at radius 2 is 0.856 bits per heavy atom. The Balaban J connectivity index is 0.839. The number of anilines is 3. The van der Waals surface area contributed by atoms with Gasteiger partial charge in [0.05, 0.1) is 5.54 Å². The summed E-state index contributed by atoms with van der Waals surface area (Å²) in [5.41, 5.74) is 27.3. The second-order valence-electron chi connectivity index (χ2n) is 31.2. The van der Waals surface area contributed by atoms with Crippen LogP contribution in [-0.2, 0) is 41.0 Å². The minimum absolute atomic E-state index is 0.0113. The van der Waals surface area contributed by atoms with Gasteiger partial charge in [-0.05, 0) is 231 Å². The maximum atomic E-state index is 4.26. The lowest BCUT2D eigenvalue weighted by atomic mass is 9.59. The maximum Gasteiger partial charge on any atom is 0.0697 e. The predicted octanol–water partition coefficient (Wildman–Crippen LogP) is 29.2. The number of fused-ring (bicyclic) bond motifs is 6. The number of aryl methyl sites for hydroxylation is 3. The summed E-state index contributed by atoms with van der Waals surface area (Å²) >= 11 is 0. The summed E-state index contributed by atoms with van der Waals surface area (Å²) in [6, 6.07) is 97.4. The van der Waals surface area contributed by atoms with Crippen LogP contribution in [0.4, 0.5) is 17.1 Å². The molecular formula is C102H118N2. The minimum atomic E-state index is -0.472. The molecule has 1 N–H and O–H groups in total. The van der Waals surface area contributed by atoms with Crippen molar-refractivity contribution in [1.29, 1.82) is 0 Å². The number of unbranched alkanes of at least 4 members (excludes halogenated alkanes) is 9. The molecule has 13 rings (SSSR count). The highest BCUT2D eigenvalue weighted by atomic mass is 15.2. The Hall–Kier alpha value is -8.72. The lowest BCUT2D eigenvalue weighted by Gasteiger charge is -2.51. The van der Waals surface area contributed by atoms with E-state index in [0.29, 0.717) is 0 Å². The van der Waals surface area contributed by atoms with Crippen molar-refractivity contribution in [2.24, 2.45) is 0 Å². The fourth-order valence-corrected chi connectivity index (χ4v) is 19.7. The standard InChI is InChI=1S/C102H118N2/c1-11-20-23-25-27-37-75-38-36-41-87(72-75)103-102(18-8,19-9)100(14-4,15-5)85-63-50-78(51-64-85)76-46-57-82(58-47-76)98(10,84-61-52-80(53-62-84)95-73-81-56-68-90(81)91-42-30-31-43-92(91)95)83-59-48-77(49-60-83)79-54-65-88(66-55-79)104(101(16-6,17-7)86-39-28-26-29-40-86)89-67-69-94-93-44-32-33-45-96(93)99(97(94)74-89,70-34-22-13-3)71-35-24-21-12-2/h26,28-33,36,38-55,57-67,69,72-74,103H,11-25,27,34-35,37,56,68,70-71H2,1-10H3. The molecule has 2 aliphatic rings. The van der Waals surface area contributed by atoms with E-state index in [-0.39, 0.29) is 21.9 Å². The molecule has 11 aromatic rings. The largest absolute Gasteiger partial charge is 0.379 e. The van der Waals surface area contributed by atoms with Gasteiger partial charge in [0.25, 0.3) is 0 Å². The zero-order chi connectivity index (χ0) is 72.3. The van der Waals surface area contributed by atoms with Gasteiger partial charge in [-0.2, -0.15) is 0 Å². The van der Waals surface area contributed by atoms with Crippen LogP contribution in [0.25, 0.3) is 55.3 Å². The van der Waals surface area contributed by atoms with Crippen LogP contribution < -0.4 is 10.2 Å². The fourth-order valence-electron chi connectivity index (χ4n) is 19.7. The number of nitrogens with zero attached hydrogens (tertiary/aromatic N) is 1. The van der Waals surface area contributed by atoms with Gasteiger partial charge in [-0.25, -0.2) is 0 Å². The third kappa shape index (κ3) is 13.9. The molecule has 0 fully saturated rings. The van der Waals surface area contributed by atoms with Gasteiger partial charge < -0.3 is 10.2 Å². The molecule has 2 atom stereocenters. The van der Waals surface area contributed by atoms with Crippen molar-refractivity contribution in [3.8, 4) is 44.5 Å². The third-order valence-electron chi connectivity index (χ3n) is 26.1. The van der Waals surface area contributed by atoms with E-state index in [9.17, 15) is 0 Å². The lowest BCUT2D eigenvalue weighted by Crippen LogP contribution is -2.56. The first kappa shape index (κ1) is 73.6. The van der Waals surface area contributed by atoms with Gasteiger partial charge in [-0.3, -0.25) is 0 Å². The summed E-state index contributed by atoms with van der Waals surface area (Å²) in [5.74, 6) is 0. The number of benzene rings is 11. The summed E-state index contributed by atoms with van der Waals surface area (Å²) in [4.78, 5) is 2.73. The second-order valence-corrected chi connectivity index (χ2v) is 31.2. The molecule has 0 radical (unpaired) electrons. The SMILES string of the molecule is CCCCCCCc1cccc(NC(CC)(CC)C(CC)(CC)c2ccc(-c3ccc(C(C)(c4ccc(-c5ccc(N(c6ccc7c(c6)C(CCCCC)(CCCCCC)c6ccccc6-7)C(CC)(CC)c6ccccc6)cc5)cc4)c4ccc(-c5cc6c(c7ccccc57)CC6)cc4)cc3)cc2)c1. The lowest BCUT2D eigenvalue weighted by molar-refractivity contribution is 0.205. The summed E-state index contributed by atoms with van der Waals surface area (Å²) in [6.07, 6.45) is 27.3. The van der Waals surface area contributed by atoms with Crippen molar-refractivity contribution in [3.05, 3.63) is 304 Å². The number of hydrogen-bond acceptors (Lipinski definition) is 2. The number of hydrogen-bond donors (Lipinski definition) is 1. The first-order valence-corrected chi connectivity index (χ1v) is 41.0. The Morgan fingerprint density at radius 3 is 1.42 bits per heavy atom. The maximum absolute atomic E-state index is 4.26. The molecule has 2 nitrogen and oxygen atoms in total. The molecule has 104 heavy (non-hydrogen) atoms. The van der Waals surface area contributed by atoms with Crippen molar-refractivity contribution < 1.29 is 0 Å². The Morgan fingerprint density at radius 1 is 0.356 bits per heavy atom. The number of rotatable bonds is 35. The topological polar surface area (TPSA) is 15.3 Å². The van der Waals surface area contributed by atoms with Crippen LogP contribution >= 0.6 is 0 Å². The van der Waals surface area contributed by atoms with Crippen molar-refractivity contribution in [2.75, 3.05) is 10.2 Å². The summed E-state index contributed by atoms with van der Waals surface area (Å²) < 4.78 is 0. The van der Waals surface area contributed by atoms with Gasteiger partial charge in [0.15, 0.2) is 0 Å². The number of nitrogens with one attached hydrogen (secondary N) is 1. The summed E-state index contributed by atoms with van der Waals surface area (Å²) in [6.45, 7) is 23.9. The van der Waals surface area contributed by atoms with Crippen molar-refractivity contribution in [3.63, 3.8) is 0 Å². The van der Waals surface area contributed by atoms with Crippen LogP contribution in [0.3, 0.4) is 0 Å². The third-order valence-corrected chi connectivity index (χ3v) is 26.1. The quantitative estimate of drug-likeness (QED) is 0.0315. The van der Waals surface area contributed by atoms with E-state index >= 15 is 0 Å². The van der Waals surface area contributed by atoms with Gasteiger partial charge >= 0.3 is 0 Å². The molecular weight excluding hydrogens is 1250 g/mol. The first-order valence-electron chi connectivity index (χ1n) is 41.0. The van der Waals surface area contributed by atoms with Crippen LogP contribution in [0.2, 0.25) is 0 Å². The van der Waals surface area contributed by atoms with E-state index in [1.807, 2.05) is 0 Å². The Labute approximate surface area is 627 Å². The zero-order valence-electron chi connectivity index (χ0n) is 64.9. The van der Waals surface area contributed by atoms with E-state index in [0.717, 1.165) is 51.4 Å². The molecule has 2 unspecified atom stereocenters. The van der Waals surface area contributed by atoms with E-state index in [1.165, 1.54) is 219 Å². The van der Waals surface area contributed by atoms with Crippen LogP contribution in [0.15, 0.2) is 249 Å². The van der Waals surface area contributed by atoms with Crippen molar-refractivity contribution in [1.82, 2.24) is 0 Å². The summed E-state index contributed by atoms with van der Waals surface area (Å²) in [5, 5.41) is 7.01. The predicted molar refractivity (Wildman–Crippen MR) is 451 cm³/mol. The average Bonchev–Trinajstić information content (AvgIpc) is 1.04. The smallest absolute Gasteiger partial charge is 0.0697 e. The van der Waals surface area contributed by atoms with E-state index in [4.69, 9.17) is 0 Å². The molecule has 0 spiro atoms. The van der Waals surface area contributed by atoms with E-state index in [2.05, 4.69) is 328 Å². The van der Waals surface area contributed by atoms with Crippen molar-refractivity contribution in [2.45, 2.75) is 244 Å². The normalized spacial score (nSPS) is 14.7. The first-order chi connectivity index (χ1) is 50.9. The molecule has 0 aromatic heterocycles. The highest BCUT2D eigenvalue weighted by molar-refractivity contribution is 6.00. The van der Waals surface area contributed by atoms with Crippen LogP contribution in [0.5, 0.6) is 0 Å². The van der Waals surface area contributed by atoms with Crippen molar-refractivity contribution >= 4 is 27.8 Å². The summed E-state index contributed by atoms with van der Waals surface area (Å²) in [7, 11) is 0. The van der Waals surface area contributed by atoms with E-state index < -0.39 is 5.41 Å². The highest BCUT2D eigenvalue weighted by Gasteiger charge is 2.49. The molecule has 0 amide bonds. The Bertz CT molecular complexity index is 4600. The molecule has 0 bridgehead atoms. The van der Waals surface area contributed by atoms with Gasteiger partial charge in [0.1, 0.15) is 0 Å². The van der Waals surface area contributed by atoms with Crippen LogP contribution in [-0.4, -0.2) is 5.54 Å². The van der Waals surface area contributed by atoms with E-state index in [1.54, 1.807) is 5.56 Å². The molecule has 0 saturated heterocycles. The average molecular weight is 1370 g/mol. The monoisotopic (exact) mass is 1370 g/mol. The molecule has 0 saturated carbocycles. The van der Waals surface area contributed by atoms with Crippen LogP contribution in [0.1, 0.15) is 253 Å². The molecule has 0 heterocycles. The second kappa shape index (κ2) is 32.7. The Kier molecular flexibility index (Phi) is 23.2. The van der Waals surface area contributed by atoms with Gasteiger partial charge in [-0.15, -0.1) is 0 Å². The molecule has 0 aliphatic heterocycles. The fraction of sp³-hybridized carbons (Fsp3) is 0.373. The zero-order valence-corrected chi connectivity index (χ0v) is 64.9. The minimum Gasteiger partial charge on any atom is -0.379 e. The van der Waals surface area contributed by atoms with Gasteiger partial charge in [0, 0.05) is 38.8 Å².